The van der Waals surface area contributed by atoms with E-state index in [0.717, 1.165) is 63.5 Å². The molecule has 0 bridgehead atoms. The molecule has 1 fully saturated rings. The van der Waals surface area contributed by atoms with Crippen LogP contribution >= 0.6 is 0 Å². The molecular weight excluding hydrogens is 492 g/mol. The molecule has 3 aromatic heterocycles. The standard InChI is InChI=1S/C29H32N8O2/c1-29(2,3)27-32-22-14-21(19-16-31-33(4)17-19)18(15-30)11-23(22)37(27)20-12-24-26(35(6)28(38)34(24)5)25(13-20)36-7-9-39-10-8-36/h11-14,16-17H,7-10H2,1-6H3. The van der Waals surface area contributed by atoms with Crippen LogP contribution in [0.4, 0.5) is 5.69 Å². The minimum atomic E-state index is -0.295. The van der Waals surface area contributed by atoms with Crippen LogP contribution in [0.2, 0.25) is 0 Å². The zero-order valence-electron chi connectivity index (χ0n) is 23.2. The Balaban J connectivity index is 1.68. The number of imidazole rings is 2. The number of aryl methyl sites for hydroxylation is 3. The van der Waals surface area contributed by atoms with Crippen molar-refractivity contribution in [3.63, 3.8) is 0 Å². The molecule has 5 aromatic rings. The van der Waals surface area contributed by atoms with Crippen LogP contribution in [0.15, 0.2) is 41.5 Å². The molecule has 4 heterocycles. The summed E-state index contributed by atoms with van der Waals surface area (Å²) in [7, 11) is 5.49. The van der Waals surface area contributed by atoms with Gasteiger partial charge in [0.15, 0.2) is 0 Å². The summed E-state index contributed by atoms with van der Waals surface area (Å²) in [4.78, 5) is 20.4. The van der Waals surface area contributed by atoms with Gasteiger partial charge in [0, 0.05) is 57.0 Å². The third-order valence-electron chi connectivity index (χ3n) is 7.54. The number of ether oxygens (including phenoxy) is 1. The van der Waals surface area contributed by atoms with Gasteiger partial charge in [-0.2, -0.15) is 10.4 Å². The number of benzene rings is 2. The fourth-order valence-electron chi connectivity index (χ4n) is 5.57. The second kappa shape index (κ2) is 8.85. The summed E-state index contributed by atoms with van der Waals surface area (Å²) in [6.45, 7) is 9.16. The number of hydrogen-bond acceptors (Lipinski definition) is 6. The number of rotatable bonds is 3. The van der Waals surface area contributed by atoms with Gasteiger partial charge in [0.25, 0.3) is 0 Å². The summed E-state index contributed by atoms with van der Waals surface area (Å²) in [6.07, 6.45) is 3.67. The second-order valence-electron chi connectivity index (χ2n) is 11.3. The number of anilines is 1. The largest absolute Gasteiger partial charge is 0.378 e. The maximum absolute atomic E-state index is 13.0. The highest BCUT2D eigenvalue weighted by molar-refractivity contribution is 5.94. The minimum absolute atomic E-state index is 0.0731. The van der Waals surface area contributed by atoms with Gasteiger partial charge >= 0.3 is 5.69 Å². The maximum Gasteiger partial charge on any atom is 0.328 e. The van der Waals surface area contributed by atoms with Crippen LogP contribution in [0.1, 0.15) is 32.2 Å². The Labute approximate surface area is 226 Å². The first-order valence-electron chi connectivity index (χ1n) is 13.1. The van der Waals surface area contributed by atoms with Crippen molar-refractivity contribution in [2.24, 2.45) is 21.1 Å². The first kappa shape index (κ1) is 24.9. The quantitative estimate of drug-likeness (QED) is 0.358. The molecule has 39 heavy (non-hydrogen) atoms. The molecule has 0 unspecified atom stereocenters. The van der Waals surface area contributed by atoms with E-state index >= 15 is 0 Å². The molecule has 10 nitrogen and oxygen atoms in total. The first-order chi connectivity index (χ1) is 18.6. The van der Waals surface area contributed by atoms with Crippen molar-refractivity contribution in [3.05, 3.63) is 58.5 Å². The van der Waals surface area contributed by atoms with Crippen molar-refractivity contribution in [3.8, 4) is 22.9 Å². The molecule has 0 atom stereocenters. The van der Waals surface area contributed by atoms with Gasteiger partial charge in [-0.25, -0.2) is 9.78 Å². The molecule has 0 spiro atoms. The Morgan fingerprint density at radius 1 is 1.00 bits per heavy atom. The number of fused-ring (bicyclic) bond motifs is 2. The molecule has 6 rings (SSSR count). The molecule has 200 valence electrons. The molecular formula is C29H32N8O2. The number of hydrogen-bond donors (Lipinski definition) is 0. The average Bonchev–Trinajstić information content (AvgIpc) is 3.59. The van der Waals surface area contributed by atoms with Gasteiger partial charge in [0.05, 0.1) is 64.5 Å². The fourth-order valence-corrected chi connectivity index (χ4v) is 5.57. The molecule has 10 heteroatoms. The highest BCUT2D eigenvalue weighted by Crippen LogP contribution is 2.37. The lowest BCUT2D eigenvalue weighted by atomic mass is 9.95. The number of nitrogens with zero attached hydrogens (tertiary/aromatic N) is 8. The lowest BCUT2D eigenvalue weighted by molar-refractivity contribution is 0.123. The van der Waals surface area contributed by atoms with Gasteiger partial charge in [-0.3, -0.25) is 18.4 Å². The van der Waals surface area contributed by atoms with E-state index in [-0.39, 0.29) is 11.1 Å². The predicted octanol–water partition coefficient (Wildman–Crippen LogP) is 3.62. The smallest absolute Gasteiger partial charge is 0.328 e. The van der Waals surface area contributed by atoms with E-state index < -0.39 is 0 Å². The van der Waals surface area contributed by atoms with E-state index in [0.29, 0.717) is 18.8 Å². The summed E-state index contributed by atoms with van der Waals surface area (Å²) in [6, 6.07) is 10.5. The van der Waals surface area contributed by atoms with Crippen molar-refractivity contribution in [1.82, 2.24) is 28.5 Å². The molecule has 1 saturated heterocycles. The van der Waals surface area contributed by atoms with E-state index in [9.17, 15) is 10.1 Å². The van der Waals surface area contributed by atoms with Crippen molar-refractivity contribution >= 4 is 27.8 Å². The van der Waals surface area contributed by atoms with E-state index in [1.807, 2.05) is 39.5 Å². The normalized spacial score (nSPS) is 14.4. The molecule has 0 radical (unpaired) electrons. The summed E-state index contributed by atoms with van der Waals surface area (Å²) in [5, 5.41) is 14.4. The number of nitriles is 1. The third-order valence-corrected chi connectivity index (χ3v) is 7.54. The summed E-state index contributed by atoms with van der Waals surface area (Å²) < 4.78 is 12.9. The van der Waals surface area contributed by atoms with E-state index in [4.69, 9.17) is 9.72 Å². The molecule has 1 aliphatic heterocycles. The highest BCUT2D eigenvalue weighted by atomic mass is 16.5. The van der Waals surface area contributed by atoms with Crippen LogP contribution in [-0.4, -0.2) is 54.8 Å². The molecule has 0 aliphatic carbocycles. The summed E-state index contributed by atoms with van der Waals surface area (Å²) in [5.74, 6) is 0.873. The van der Waals surface area contributed by atoms with Gasteiger partial charge in [-0.05, 0) is 24.3 Å². The number of morpholine rings is 1. The zero-order chi connectivity index (χ0) is 27.6. The molecule has 1 aliphatic rings. The highest BCUT2D eigenvalue weighted by Gasteiger charge is 2.27. The zero-order valence-corrected chi connectivity index (χ0v) is 23.2. The Kier molecular flexibility index (Phi) is 5.66. The lowest BCUT2D eigenvalue weighted by Crippen LogP contribution is -2.36. The van der Waals surface area contributed by atoms with Gasteiger partial charge < -0.3 is 9.64 Å². The monoisotopic (exact) mass is 524 g/mol. The van der Waals surface area contributed by atoms with Crippen molar-refractivity contribution in [1.29, 1.82) is 5.26 Å². The van der Waals surface area contributed by atoms with Gasteiger partial charge in [0.2, 0.25) is 0 Å². The Hall–Kier alpha value is -4.36. The average molecular weight is 525 g/mol. The molecule has 0 amide bonds. The lowest BCUT2D eigenvalue weighted by Gasteiger charge is -2.30. The van der Waals surface area contributed by atoms with Crippen LogP contribution < -0.4 is 10.6 Å². The fraction of sp³-hybridized carbons (Fsp3) is 0.379. The minimum Gasteiger partial charge on any atom is -0.378 e. The van der Waals surface area contributed by atoms with Crippen LogP contribution in [0.3, 0.4) is 0 Å². The van der Waals surface area contributed by atoms with Crippen LogP contribution in [-0.2, 0) is 31.3 Å². The Morgan fingerprint density at radius 3 is 2.38 bits per heavy atom. The van der Waals surface area contributed by atoms with E-state index in [1.165, 1.54) is 0 Å². The first-order valence-corrected chi connectivity index (χ1v) is 13.1. The third kappa shape index (κ3) is 3.92. The van der Waals surface area contributed by atoms with E-state index in [1.54, 1.807) is 20.0 Å². The maximum atomic E-state index is 13.0. The van der Waals surface area contributed by atoms with Crippen molar-refractivity contribution in [2.45, 2.75) is 26.2 Å². The molecule has 0 saturated carbocycles. The van der Waals surface area contributed by atoms with Crippen molar-refractivity contribution in [2.75, 3.05) is 31.2 Å². The summed E-state index contributed by atoms with van der Waals surface area (Å²) >= 11 is 0. The van der Waals surface area contributed by atoms with Gasteiger partial charge in [-0.1, -0.05) is 20.8 Å². The topological polar surface area (TPSA) is 98.8 Å². The molecule has 2 aromatic carbocycles. The predicted molar refractivity (Wildman–Crippen MR) is 151 cm³/mol. The molecule has 0 N–H and O–H groups in total. The SMILES string of the molecule is Cn1cc(-c2cc3nc(C(C)(C)C)n(-c4cc(N5CCOCC5)c5c(c4)n(C)c(=O)n5C)c3cc2C#N)cn1. The summed E-state index contributed by atoms with van der Waals surface area (Å²) in [5.41, 5.74) is 7.13. The Morgan fingerprint density at radius 2 is 1.74 bits per heavy atom. The second-order valence-corrected chi connectivity index (χ2v) is 11.3. The van der Waals surface area contributed by atoms with Crippen LogP contribution in [0.5, 0.6) is 0 Å². The Bertz CT molecular complexity index is 1850. The van der Waals surface area contributed by atoms with Crippen LogP contribution in [0, 0.1) is 11.3 Å². The van der Waals surface area contributed by atoms with Crippen LogP contribution in [0.25, 0.3) is 38.9 Å². The van der Waals surface area contributed by atoms with Gasteiger partial charge in [0.1, 0.15) is 5.82 Å². The van der Waals surface area contributed by atoms with E-state index in [2.05, 4.69) is 53.5 Å². The van der Waals surface area contributed by atoms with Gasteiger partial charge in [-0.15, -0.1) is 0 Å². The van der Waals surface area contributed by atoms with Crippen molar-refractivity contribution < 1.29 is 4.74 Å². The number of aromatic nitrogens is 6.